The van der Waals surface area contributed by atoms with Gasteiger partial charge in [0.2, 0.25) is 12.7 Å². The molecule has 3 rings (SSSR count). The standard InChI is InChI=1S/C18H25NO7S3.H2S/c1-9(20)11-13(21)19-12(15(22)25-8-26-17(23)18(2,3)4)16(28-14(11)19)27-10-5-6-29(24)7-10;/h9-11,14,20H,5-8H2,1-4H3;1H2/t9-,10+,11+,14-,29-;/m1./s1. The Balaban J connectivity index is 0.00000320. The van der Waals surface area contributed by atoms with Crippen molar-refractivity contribution >= 4 is 65.7 Å². The van der Waals surface area contributed by atoms with Crippen molar-refractivity contribution in [3.8, 4) is 0 Å². The minimum atomic E-state index is -0.864. The van der Waals surface area contributed by atoms with E-state index >= 15 is 0 Å². The average molecular weight is 498 g/mol. The summed E-state index contributed by atoms with van der Waals surface area (Å²) in [5.41, 5.74) is -0.604. The summed E-state index contributed by atoms with van der Waals surface area (Å²) in [5.74, 6) is -1.01. The molecule has 170 valence electrons. The maximum Gasteiger partial charge on any atom is 0.359 e. The first kappa shape index (κ1) is 25.6. The van der Waals surface area contributed by atoms with Gasteiger partial charge >= 0.3 is 11.9 Å². The molecule has 3 aliphatic heterocycles. The van der Waals surface area contributed by atoms with Gasteiger partial charge in [-0.05, 0) is 34.1 Å². The van der Waals surface area contributed by atoms with Crippen LogP contribution >= 0.6 is 37.0 Å². The van der Waals surface area contributed by atoms with E-state index in [1.54, 1.807) is 27.7 Å². The number of ether oxygens (including phenoxy) is 2. The van der Waals surface area contributed by atoms with Gasteiger partial charge in [0.05, 0.1) is 21.7 Å². The molecule has 0 aromatic carbocycles. The molecule has 0 spiro atoms. The number of aliphatic hydroxyl groups is 1. The number of carbonyl (C=O) groups excluding carboxylic acids is 3. The third-order valence-corrected chi connectivity index (χ3v) is 9.31. The normalized spacial score (nSPS) is 29.1. The number of carbonyl (C=O) groups is 3. The van der Waals surface area contributed by atoms with Crippen molar-refractivity contribution in [3.05, 3.63) is 9.93 Å². The Bertz CT molecular complexity index is 777. The number of amides is 1. The molecule has 2 fully saturated rings. The van der Waals surface area contributed by atoms with Crippen LogP contribution in [0.2, 0.25) is 0 Å². The topological polar surface area (TPSA) is 110 Å². The van der Waals surface area contributed by atoms with Crippen molar-refractivity contribution in [3.63, 3.8) is 0 Å². The van der Waals surface area contributed by atoms with Gasteiger partial charge in [0, 0.05) is 27.6 Å². The van der Waals surface area contributed by atoms with E-state index in [0.29, 0.717) is 15.7 Å². The van der Waals surface area contributed by atoms with Gasteiger partial charge in [-0.1, -0.05) is 11.8 Å². The Labute approximate surface area is 193 Å². The average Bonchev–Trinajstić information content (AvgIpc) is 3.15. The molecule has 0 radical (unpaired) electrons. The molecule has 5 atom stereocenters. The number of hydrogen-bond acceptors (Lipinski definition) is 9. The third kappa shape index (κ3) is 5.20. The van der Waals surface area contributed by atoms with Crippen LogP contribution in [0.1, 0.15) is 34.1 Å². The van der Waals surface area contributed by atoms with Gasteiger partial charge in [0.25, 0.3) is 0 Å². The first-order chi connectivity index (χ1) is 13.5. The maximum absolute atomic E-state index is 12.7. The summed E-state index contributed by atoms with van der Waals surface area (Å²) in [6.07, 6.45) is -0.0599. The summed E-state index contributed by atoms with van der Waals surface area (Å²) >= 11 is 2.78. The van der Waals surface area contributed by atoms with Gasteiger partial charge in [-0.15, -0.1) is 11.8 Å². The highest BCUT2D eigenvalue weighted by molar-refractivity contribution is 8.23. The van der Waals surface area contributed by atoms with Crippen LogP contribution in [0.5, 0.6) is 0 Å². The first-order valence-electron chi connectivity index (χ1n) is 9.28. The van der Waals surface area contributed by atoms with Crippen LogP contribution in [0.15, 0.2) is 9.93 Å². The van der Waals surface area contributed by atoms with E-state index in [-0.39, 0.29) is 35.7 Å². The van der Waals surface area contributed by atoms with E-state index < -0.39 is 47.0 Å². The highest BCUT2D eigenvalue weighted by atomic mass is 32.2. The van der Waals surface area contributed by atoms with Crippen LogP contribution in [-0.2, 0) is 34.7 Å². The van der Waals surface area contributed by atoms with Crippen LogP contribution in [0, 0.1) is 11.3 Å². The summed E-state index contributed by atoms with van der Waals surface area (Å²) in [5, 5.41) is 9.63. The molecule has 30 heavy (non-hydrogen) atoms. The third-order valence-electron chi connectivity index (χ3n) is 4.76. The van der Waals surface area contributed by atoms with Gasteiger partial charge in [0.15, 0.2) is 5.70 Å². The van der Waals surface area contributed by atoms with Crippen molar-refractivity contribution < 1.29 is 33.2 Å². The van der Waals surface area contributed by atoms with Crippen molar-refractivity contribution in [1.29, 1.82) is 0 Å². The number of rotatable bonds is 6. The predicted molar refractivity (Wildman–Crippen MR) is 121 cm³/mol. The van der Waals surface area contributed by atoms with Gasteiger partial charge < -0.3 is 14.6 Å². The second-order valence-electron chi connectivity index (χ2n) is 8.19. The number of esters is 2. The van der Waals surface area contributed by atoms with Crippen LogP contribution in [0.3, 0.4) is 0 Å². The predicted octanol–water partition coefficient (Wildman–Crippen LogP) is 1.52. The Kier molecular flexibility index (Phi) is 8.39. The molecule has 8 nitrogen and oxygen atoms in total. The largest absolute Gasteiger partial charge is 0.427 e. The van der Waals surface area contributed by atoms with Crippen LogP contribution in [-0.4, -0.2) is 67.1 Å². The van der Waals surface area contributed by atoms with Gasteiger partial charge in [0.1, 0.15) is 5.37 Å². The summed E-state index contributed by atoms with van der Waals surface area (Å²) in [6, 6.07) is 0. The summed E-state index contributed by atoms with van der Waals surface area (Å²) in [6.45, 7) is 6.07. The van der Waals surface area contributed by atoms with Crippen molar-refractivity contribution in [1.82, 2.24) is 4.90 Å². The van der Waals surface area contributed by atoms with Crippen LogP contribution in [0.4, 0.5) is 0 Å². The Morgan fingerprint density at radius 1 is 1.37 bits per heavy atom. The SMILES string of the molecule is C[C@@H](O)[C@H]1C(=O)N2C(C(=O)OCOC(=O)C(C)(C)C)=C(S[C@H]3CC[S@@](=O)C3)S[C@H]12.S. The highest BCUT2D eigenvalue weighted by Gasteiger charge is 2.58. The van der Waals surface area contributed by atoms with E-state index in [9.17, 15) is 23.7 Å². The quantitative estimate of drug-likeness (QED) is 0.332. The lowest BCUT2D eigenvalue weighted by Gasteiger charge is -2.43. The van der Waals surface area contributed by atoms with Crippen molar-refractivity contribution in [2.45, 2.75) is 50.8 Å². The second kappa shape index (κ2) is 9.85. The van der Waals surface area contributed by atoms with Gasteiger partial charge in [-0.3, -0.25) is 18.7 Å². The Hall–Kier alpha value is -0.690. The number of aliphatic hydroxyl groups excluding tert-OH is 1. The zero-order chi connectivity index (χ0) is 21.5. The molecule has 0 aromatic heterocycles. The molecule has 2 saturated heterocycles. The zero-order valence-electron chi connectivity index (χ0n) is 17.2. The molecule has 3 heterocycles. The molecular weight excluding hydrogens is 470 g/mol. The van der Waals surface area contributed by atoms with Crippen molar-refractivity contribution in [2.24, 2.45) is 11.3 Å². The van der Waals surface area contributed by atoms with Crippen molar-refractivity contribution in [2.75, 3.05) is 18.3 Å². The zero-order valence-corrected chi connectivity index (χ0v) is 20.7. The van der Waals surface area contributed by atoms with E-state index in [4.69, 9.17) is 9.47 Å². The number of hydrogen-bond donors (Lipinski definition) is 1. The van der Waals surface area contributed by atoms with Gasteiger partial charge in [-0.2, -0.15) is 13.5 Å². The maximum atomic E-state index is 12.7. The molecule has 12 heteroatoms. The molecule has 1 N–H and O–H groups in total. The second-order valence-corrected chi connectivity index (χ2v) is 12.5. The van der Waals surface area contributed by atoms with Crippen LogP contribution in [0.25, 0.3) is 0 Å². The van der Waals surface area contributed by atoms with E-state index in [1.807, 2.05) is 0 Å². The van der Waals surface area contributed by atoms with E-state index in [0.717, 1.165) is 6.42 Å². The lowest BCUT2D eigenvalue weighted by Crippen LogP contribution is -2.60. The van der Waals surface area contributed by atoms with Crippen LogP contribution < -0.4 is 0 Å². The molecule has 0 bridgehead atoms. The smallest absolute Gasteiger partial charge is 0.359 e. The monoisotopic (exact) mass is 497 g/mol. The molecule has 3 aliphatic rings. The fourth-order valence-electron chi connectivity index (χ4n) is 3.13. The Morgan fingerprint density at radius 2 is 2.03 bits per heavy atom. The number of fused-ring (bicyclic) bond motifs is 1. The molecule has 0 unspecified atom stereocenters. The number of nitrogens with zero attached hydrogens (tertiary/aromatic N) is 1. The molecule has 0 saturated carbocycles. The molecule has 0 aliphatic carbocycles. The lowest BCUT2D eigenvalue weighted by molar-refractivity contribution is -0.174. The fraction of sp³-hybridized carbons (Fsp3) is 0.722. The van der Waals surface area contributed by atoms with E-state index in [1.165, 1.54) is 28.4 Å². The highest BCUT2D eigenvalue weighted by Crippen LogP contribution is 2.55. The molecule has 1 amide bonds. The van der Waals surface area contributed by atoms with Gasteiger partial charge in [-0.25, -0.2) is 4.79 Å². The minimum absolute atomic E-state index is 0. The summed E-state index contributed by atoms with van der Waals surface area (Å²) < 4.78 is 22.4. The molecular formula is C18H27NO7S4. The molecule has 0 aromatic rings. The number of thioether (sulfide) groups is 2. The fourth-order valence-corrected chi connectivity index (χ4v) is 8.37. The minimum Gasteiger partial charge on any atom is -0.427 e. The first-order valence-corrected chi connectivity index (χ1v) is 12.5. The van der Waals surface area contributed by atoms with E-state index in [2.05, 4.69) is 0 Å². The Morgan fingerprint density at radius 3 is 2.57 bits per heavy atom. The number of β-lactam (4-membered cyclic amide) rings is 1. The lowest BCUT2D eigenvalue weighted by atomic mass is 9.92. The summed E-state index contributed by atoms with van der Waals surface area (Å²) in [4.78, 5) is 38.4. The summed E-state index contributed by atoms with van der Waals surface area (Å²) in [7, 11) is -0.864.